The Hall–Kier alpha value is -4.03. The number of fused-ring (bicyclic) bond motifs is 1. The second-order valence-electron chi connectivity index (χ2n) is 8.88. The lowest BCUT2D eigenvalue weighted by molar-refractivity contribution is -0.114. The summed E-state index contributed by atoms with van der Waals surface area (Å²) in [4.78, 5) is 34.2. The molecule has 3 aromatic carbocycles. The summed E-state index contributed by atoms with van der Waals surface area (Å²) in [6, 6.07) is 27.7. The maximum absolute atomic E-state index is 13.7. The SMILES string of the molecule is CC(=O)Nc1ccc(-c2cc(C(=O)N3CCN(Cc4ccccc4)CC3)c3ccccc3n2)cc1. The molecule has 1 aliphatic heterocycles. The van der Waals surface area contributed by atoms with E-state index < -0.39 is 0 Å². The van der Waals surface area contributed by atoms with Crippen molar-refractivity contribution in [3.05, 3.63) is 96.1 Å². The van der Waals surface area contributed by atoms with Gasteiger partial charge in [0.2, 0.25) is 5.91 Å². The molecule has 35 heavy (non-hydrogen) atoms. The van der Waals surface area contributed by atoms with E-state index >= 15 is 0 Å². The van der Waals surface area contributed by atoms with Gasteiger partial charge in [-0.2, -0.15) is 0 Å². The van der Waals surface area contributed by atoms with Crippen LogP contribution in [0.1, 0.15) is 22.8 Å². The molecule has 5 rings (SSSR count). The van der Waals surface area contributed by atoms with Gasteiger partial charge in [-0.15, -0.1) is 0 Å². The van der Waals surface area contributed by atoms with Crippen molar-refractivity contribution < 1.29 is 9.59 Å². The van der Waals surface area contributed by atoms with Crippen LogP contribution in [0.25, 0.3) is 22.2 Å². The minimum Gasteiger partial charge on any atom is -0.336 e. The molecule has 1 aromatic heterocycles. The van der Waals surface area contributed by atoms with Gasteiger partial charge in [0, 0.05) is 56.3 Å². The third-order valence-corrected chi connectivity index (χ3v) is 6.36. The van der Waals surface area contributed by atoms with Crippen molar-refractivity contribution in [3.63, 3.8) is 0 Å². The first-order valence-electron chi connectivity index (χ1n) is 11.9. The molecule has 1 aliphatic rings. The predicted molar refractivity (Wildman–Crippen MR) is 139 cm³/mol. The Bertz CT molecular complexity index is 1340. The number of piperazine rings is 1. The summed E-state index contributed by atoms with van der Waals surface area (Å²) in [5.41, 5.74) is 5.12. The summed E-state index contributed by atoms with van der Waals surface area (Å²) in [5.74, 6) is -0.0718. The number of rotatable bonds is 5. The normalized spacial score (nSPS) is 14.1. The summed E-state index contributed by atoms with van der Waals surface area (Å²) in [6.45, 7) is 5.48. The van der Waals surface area contributed by atoms with E-state index in [0.717, 1.165) is 47.5 Å². The molecular weight excluding hydrogens is 436 g/mol. The number of nitrogens with one attached hydrogen (secondary N) is 1. The molecule has 0 saturated carbocycles. The Labute approximate surface area is 205 Å². The van der Waals surface area contributed by atoms with Crippen molar-refractivity contribution >= 4 is 28.4 Å². The molecule has 176 valence electrons. The lowest BCUT2D eigenvalue weighted by atomic mass is 10.0. The van der Waals surface area contributed by atoms with Crippen molar-refractivity contribution in [2.75, 3.05) is 31.5 Å². The van der Waals surface area contributed by atoms with Crippen LogP contribution in [-0.2, 0) is 11.3 Å². The molecule has 0 aliphatic carbocycles. The standard InChI is InChI=1S/C29H28N4O2/c1-21(34)30-24-13-11-23(12-14-24)28-19-26(25-9-5-6-10-27(25)31-28)29(35)33-17-15-32(16-18-33)20-22-7-3-2-4-8-22/h2-14,19H,15-18,20H2,1H3,(H,30,34). The van der Waals surface area contributed by atoms with Crippen LogP contribution in [0.5, 0.6) is 0 Å². The smallest absolute Gasteiger partial charge is 0.254 e. The average molecular weight is 465 g/mol. The molecule has 0 unspecified atom stereocenters. The highest BCUT2D eigenvalue weighted by atomic mass is 16.2. The van der Waals surface area contributed by atoms with Crippen molar-refractivity contribution in [2.24, 2.45) is 0 Å². The van der Waals surface area contributed by atoms with Crippen molar-refractivity contribution in [1.29, 1.82) is 0 Å². The number of amides is 2. The van der Waals surface area contributed by atoms with Gasteiger partial charge in [0.05, 0.1) is 16.8 Å². The number of anilines is 1. The van der Waals surface area contributed by atoms with E-state index in [0.29, 0.717) is 18.7 Å². The second kappa shape index (κ2) is 10.1. The Morgan fingerprint density at radius 2 is 1.54 bits per heavy atom. The van der Waals surface area contributed by atoms with Gasteiger partial charge in [-0.1, -0.05) is 60.7 Å². The van der Waals surface area contributed by atoms with Crippen LogP contribution >= 0.6 is 0 Å². The van der Waals surface area contributed by atoms with E-state index in [1.165, 1.54) is 12.5 Å². The first kappa shape index (κ1) is 22.7. The van der Waals surface area contributed by atoms with Gasteiger partial charge < -0.3 is 10.2 Å². The number of hydrogen-bond acceptors (Lipinski definition) is 4. The molecule has 4 aromatic rings. The van der Waals surface area contributed by atoms with Crippen LogP contribution in [0, 0.1) is 0 Å². The van der Waals surface area contributed by atoms with Gasteiger partial charge in [-0.25, -0.2) is 4.98 Å². The maximum atomic E-state index is 13.7. The Balaban J connectivity index is 1.37. The Morgan fingerprint density at radius 3 is 2.26 bits per heavy atom. The van der Waals surface area contributed by atoms with Crippen molar-refractivity contribution in [3.8, 4) is 11.3 Å². The third-order valence-electron chi connectivity index (χ3n) is 6.36. The number of pyridine rings is 1. The minimum absolute atomic E-state index is 0.0408. The molecule has 0 radical (unpaired) electrons. The van der Waals surface area contributed by atoms with E-state index in [9.17, 15) is 9.59 Å². The van der Waals surface area contributed by atoms with Gasteiger partial charge in [0.1, 0.15) is 0 Å². The summed E-state index contributed by atoms with van der Waals surface area (Å²) in [6.07, 6.45) is 0. The molecule has 0 spiro atoms. The number of carbonyl (C=O) groups excluding carboxylic acids is 2. The van der Waals surface area contributed by atoms with E-state index in [4.69, 9.17) is 4.98 Å². The summed E-state index contributed by atoms with van der Waals surface area (Å²) < 4.78 is 0. The van der Waals surface area contributed by atoms with Crippen molar-refractivity contribution in [1.82, 2.24) is 14.8 Å². The molecule has 0 atom stereocenters. The molecule has 1 saturated heterocycles. The number of aromatic nitrogens is 1. The average Bonchev–Trinajstić information content (AvgIpc) is 2.89. The van der Waals surface area contributed by atoms with Crippen LogP contribution in [-0.4, -0.2) is 52.8 Å². The Morgan fingerprint density at radius 1 is 0.857 bits per heavy atom. The van der Waals surface area contributed by atoms with Crippen LogP contribution in [0.3, 0.4) is 0 Å². The molecular formula is C29H28N4O2. The largest absolute Gasteiger partial charge is 0.336 e. The predicted octanol–water partition coefficient (Wildman–Crippen LogP) is 4.82. The summed E-state index contributed by atoms with van der Waals surface area (Å²) >= 11 is 0. The summed E-state index contributed by atoms with van der Waals surface area (Å²) in [7, 11) is 0. The molecule has 2 heterocycles. The second-order valence-corrected chi connectivity index (χ2v) is 8.88. The lowest BCUT2D eigenvalue weighted by Gasteiger charge is -2.35. The van der Waals surface area contributed by atoms with Gasteiger partial charge in [0.25, 0.3) is 5.91 Å². The van der Waals surface area contributed by atoms with E-state index in [-0.39, 0.29) is 11.8 Å². The fourth-order valence-corrected chi connectivity index (χ4v) is 4.55. The highest BCUT2D eigenvalue weighted by Crippen LogP contribution is 2.27. The van der Waals surface area contributed by atoms with Gasteiger partial charge in [0.15, 0.2) is 0 Å². The van der Waals surface area contributed by atoms with Crippen LogP contribution in [0.15, 0.2) is 84.9 Å². The van der Waals surface area contributed by atoms with E-state index in [2.05, 4.69) is 34.5 Å². The molecule has 6 heteroatoms. The number of benzene rings is 3. The van der Waals surface area contributed by atoms with Crippen LogP contribution < -0.4 is 5.32 Å². The number of hydrogen-bond donors (Lipinski definition) is 1. The van der Waals surface area contributed by atoms with Crippen molar-refractivity contribution in [2.45, 2.75) is 13.5 Å². The maximum Gasteiger partial charge on any atom is 0.254 e. The highest BCUT2D eigenvalue weighted by Gasteiger charge is 2.24. The number of carbonyl (C=O) groups is 2. The van der Waals surface area contributed by atoms with Gasteiger partial charge >= 0.3 is 0 Å². The minimum atomic E-state index is -0.113. The lowest BCUT2D eigenvalue weighted by Crippen LogP contribution is -2.48. The third kappa shape index (κ3) is 5.23. The number of nitrogens with zero attached hydrogens (tertiary/aromatic N) is 3. The number of para-hydroxylation sites is 1. The summed E-state index contributed by atoms with van der Waals surface area (Å²) in [5, 5.41) is 3.64. The first-order valence-corrected chi connectivity index (χ1v) is 11.9. The van der Waals surface area contributed by atoms with Crippen LogP contribution in [0.2, 0.25) is 0 Å². The molecule has 1 fully saturated rings. The van der Waals surface area contributed by atoms with Gasteiger partial charge in [-0.3, -0.25) is 14.5 Å². The molecule has 2 amide bonds. The Kier molecular flexibility index (Phi) is 6.55. The zero-order chi connectivity index (χ0) is 24.2. The molecule has 0 bridgehead atoms. The quantitative estimate of drug-likeness (QED) is 0.460. The fourth-order valence-electron chi connectivity index (χ4n) is 4.55. The zero-order valence-electron chi connectivity index (χ0n) is 19.8. The molecule has 6 nitrogen and oxygen atoms in total. The first-order chi connectivity index (χ1) is 17.1. The topological polar surface area (TPSA) is 65.5 Å². The monoisotopic (exact) mass is 464 g/mol. The van der Waals surface area contributed by atoms with Gasteiger partial charge in [-0.05, 0) is 29.8 Å². The molecule has 1 N–H and O–H groups in total. The fraction of sp³-hybridized carbons (Fsp3) is 0.207. The van der Waals surface area contributed by atoms with E-state index in [1.54, 1.807) is 0 Å². The van der Waals surface area contributed by atoms with E-state index in [1.807, 2.05) is 65.6 Å². The van der Waals surface area contributed by atoms with Crippen LogP contribution in [0.4, 0.5) is 5.69 Å². The highest BCUT2D eigenvalue weighted by molar-refractivity contribution is 6.07. The zero-order valence-corrected chi connectivity index (χ0v) is 19.8.